The summed E-state index contributed by atoms with van der Waals surface area (Å²) in [6.45, 7) is 3.96. The summed E-state index contributed by atoms with van der Waals surface area (Å²) in [5.41, 5.74) is 3.96. The summed E-state index contributed by atoms with van der Waals surface area (Å²) in [5.74, 6) is -0.172. The van der Waals surface area contributed by atoms with E-state index in [0.717, 1.165) is 4.57 Å². The van der Waals surface area contributed by atoms with Crippen LogP contribution in [-0.4, -0.2) is 23.0 Å². The van der Waals surface area contributed by atoms with Crippen LogP contribution in [0.4, 0.5) is 11.5 Å². The first-order valence-corrected chi connectivity index (χ1v) is 9.67. The van der Waals surface area contributed by atoms with Gasteiger partial charge in [-0.3, -0.25) is 24.1 Å². The fraction of sp³-hybridized carbons (Fsp3) is 0.235. The maximum atomic E-state index is 12.9. The monoisotopic (exact) mass is 389 g/mol. The van der Waals surface area contributed by atoms with Crippen LogP contribution in [0, 0.1) is 5.92 Å². The third-order valence-corrected chi connectivity index (χ3v) is 5.36. The maximum absolute atomic E-state index is 12.9. The average molecular weight is 389 g/mol. The number of nitrogens with one attached hydrogen (secondary N) is 2. The molecule has 142 valence electrons. The topological polar surface area (TPSA) is 140 Å². The van der Waals surface area contributed by atoms with Crippen LogP contribution < -0.4 is 21.7 Å². The van der Waals surface area contributed by atoms with Crippen LogP contribution >= 0.6 is 0 Å². The van der Waals surface area contributed by atoms with Crippen molar-refractivity contribution in [1.29, 1.82) is 0 Å². The highest BCUT2D eigenvalue weighted by molar-refractivity contribution is 7.93. The lowest BCUT2D eigenvalue weighted by molar-refractivity contribution is 0.508. The Morgan fingerprint density at radius 2 is 2.00 bits per heavy atom. The zero-order valence-electron chi connectivity index (χ0n) is 14.8. The van der Waals surface area contributed by atoms with Gasteiger partial charge in [0.15, 0.2) is 5.69 Å². The number of benzene rings is 1. The second kappa shape index (κ2) is 6.88. The van der Waals surface area contributed by atoms with Gasteiger partial charge < -0.3 is 5.73 Å². The molecule has 0 aliphatic rings. The Morgan fingerprint density at radius 1 is 1.26 bits per heavy atom. The van der Waals surface area contributed by atoms with Gasteiger partial charge in [0.2, 0.25) is 0 Å². The molecule has 0 spiro atoms. The smallest absolute Gasteiger partial charge is 0.330 e. The summed E-state index contributed by atoms with van der Waals surface area (Å²) in [5, 5.41) is 1.08. The zero-order valence-corrected chi connectivity index (χ0v) is 15.6. The highest BCUT2D eigenvalue weighted by atomic mass is 32.2. The minimum Gasteiger partial charge on any atom is -0.383 e. The predicted octanol–water partition coefficient (Wildman–Crippen LogP) is 1.12. The summed E-state index contributed by atoms with van der Waals surface area (Å²) in [4.78, 5) is 30.2. The summed E-state index contributed by atoms with van der Waals surface area (Å²) in [7, 11) is -4.14. The summed E-state index contributed by atoms with van der Waals surface area (Å²) < 4.78 is 29.2. The van der Waals surface area contributed by atoms with Crippen molar-refractivity contribution in [2.45, 2.75) is 25.3 Å². The van der Waals surface area contributed by atoms with Crippen LogP contribution in [0.1, 0.15) is 13.8 Å². The van der Waals surface area contributed by atoms with Crippen molar-refractivity contribution in [1.82, 2.24) is 14.5 Å². The predicted molar refractivity (Wildman–Crippen MR) is 103 cm³/mol. The van der Waals surface area contributed by atoms with Gasteiger partial charge in [-0.1, -0.05) is 26.0 Å². The van der Waals surface area contributed by atoms with Gasteiger partial charge in [-0.2, -0.15) is 0 Å². The van der Waals surface area contributed by atoms with Crippen LogP contribution in [0.15, 0.2) is 51.1 Å². The van der Waals surface area contributed by atoms with Crippen molar-refractivity contribution in [2.24, 2.45) is 5.92 Å². The Kier molecular flexibility index (Phi) is 4.75. The standard InChI is InChI=1S/C17H19N5O4S/c1-10(2)9-22-15(18)14(16(23)20-17(22)24)21-27(25,26)13-5-3-4-11-8-19-7-6-12(11)13/h3-8,10,21H,9,18H2,1-2H3,(H,20,23,24). The zero-order chi connectivity index (χ0) is 19.8. The summed E-state index contributed by atoms with van der Waals surface area (Å²) >= 11 is 0. The molecule has 0 aliphatic heterocycles. The molecule has 0 saturated heterocycles. The molecule has 1 aromatic carbocycles. The van der Waals surface area contributed by atoms with Crippen LogP contribution in [0.25, 0.3) is 10.8 Å². The molecule has 0 amide bonds. The Hall–Kier alpha value is -3.14. The largest absolute Gasteiger partial charge is 0.383 e. The van der Waals surface area contributed by atoms with Crippen molar-refractivity contribution in [3.8, 4) is 0 Å². The van der Waals surface area contributed by atoms with E-state index in [-0.39, 0.29) is 28.9 Å². The molecule has 4 N–H and O–H groups in total. The lowest BCUT2D eigenvalue weighted by atomic mass is 10.2. The lowest BCUT2D eigenvalue weighted by Crippen LogP contribution is -2.36. The first-order valence-electron chi connectivity index (χ1n) is 8.19. The number of anilines is 2. The molecule has 0 atom stereocenters. The molecule has 0 aliphatic carbocycles. The molecular formula is C17H19N5O4S. The quantitative estimate of drug-likeness (QED) is 0.597. The number of nitrogens with two attached hydrogens (primary N) is 1. The molecule has 0 unspecified atom stereocenters. The Balaban J connectivity index is 2.14. The third kappa shape index (κ3) is 3.56. The number of hydrogen-bond acceptors (Lipinski definition) is 6. The molecular weight excluding hydrogens is 370 g/mol. The second-order valence-corrected chi connectivity index (χ2v) is 8.13. The van der Waals surface area contributed by atoms with E-state index in [1.54, 1.807) is 24.4 Å². The van der Waals surface area contributed by atoms with E-state index >= 15 is 0 Å². The maximum Gasteiger partial charge on any atom is 0.330 e. The number of aromatic amines is 1. The van der Waals surface area contributed by atoms with E-state index in [0.29, 0.717) is 10.8 Å². The third-order valence-electron chi connectivity index (χ3n) is 3.95. The Labute approximate surface area is 154 Å². The molecule has 0 saturated carbocycles. The van der Waals surface area contributed by atoms with Crippen molar-refractivity contribution in [2.75, 3.05) is 10.5 Å². The summed E-state index contributed by atoms with van der Waals surface area (Å²) in [6, 6.07) is 6.29. The van der Waals surface area contributed by atoms with Crippen molar-refractivity contribution >= 4 is 32.3 Å². The van der Waals surface area contributed by atoms with Gasteiger partial charge in [0.1, 0.15) is 5.82 Å². The highest BCUT2D eigenvalue weighted by Crippen LogP contribution is 2.24. The number of sulfonamides is 1. The van der Waals surface area contributed by atoms with Gasteiger partial charge in [-0.05, 0) is 18.1 Å². The number of hydrogen-bond donors (Lipinski definition) is 3. The SMILES string of the molecule is CC(C)Cn1c(N)c(NS(=O)(=O)c2cccc3cnccc23)c(=O)[nH]c1=O. The van der Waals surface area contributed by atoms with E-state index in [4.69, 9.17) is 5.73 Å². The van der Waals surface area contributed by atoms with Crippen molar-refractivity contribution in [3.05, 3.63) is 57.5 Å². The normalized spacial score (nSPS) is 11.8. The van der Waals surface area contributed by atoms with Gasteiger partial charge in [-0.15, -0.1) is 0 Å². The molecule has 2 heterocycles. The number of rotatable bonds is 5. The van der Waals surface area contributed by atoms with Gasteiger partial charge >= 0.3 is 5.69 Å². The van der Waals surface area contributed by atoms with E-state index in [2.05, 4.69) is 14.7 Å². The van der Waals surface area contributed by atoms with Crippen molar-refractivity contribution in [3.63, 3.8) is 0 Å². The number of pyridine rings is 1. The molecule has 0 radical (unpaired) electrons. The summed E-state index contributed by atoms with van der Waals surface area (Å²) in [6.07, 6.45) is 3.02. The van der Waals surface area contributed by atoms with Crippen molar-refractivity contribution < 1.29 is 8.42 Å². The lowest BCUT2D eigenvalue weighted by Gasteiger charge is -2.16. The van der Waals surface area contributed by atoms with E-state index in [1.165, 1.54) is 12.3 Å². The van der Waals surface area contributed by atoms with E-state index < -0.39 is 21.3 Å². The first kappa shape index (κ1) is 18.6. The van der Waals surface area contributed by atoms with Gasteiger partial charge in [-0.25, -0.2) is 13.2 Å². The molecule has 0 bridgehead atoms. The van der Waals surface area contributed by atoms with E-state index in [1.807, 2.05) is 13.8 Å². The first-order chi connectivity index (χ1) is 12.7. The van der Waals surface area contributed by atoms with Gasteiger partial charge in [0, 0.05) is 29.7 Å². The minimum atomic E-state index is -4.14. The molecule has 9 nitrogen and oxygen atoms in total. The number of nitrogen functional groups attached to an aromatic ring is 1. The van der Waals surface area contributed by atoms with E-state index in [9.17, 15) is 18.0 Å². The Morgan fingerprint density at radius 3 is 2.70 bits per heavy atom. The molecule has 27 heavy (non-hydrogen) atoms. The van der Waals surface area contributed by atoms with Gasteiger partial charge in [0.25, 0.3) is 15.6 Å². The molecule has 3 rings (SSSR count). The molecule has 2 aromatic heterocycles. The van der Waals surface area contributed by atoms with Crippen LogP contribution in [0.3, 0.4) is 0 Å². The van der Waals surface area contributed by atoms with Crippen LogP contribution in [0.5, 0.6) is 0 Å². The second-order valence-electron chi connectivity index (χ2n) is 6.48. The van der Waals surface area contributed by atoms with Crippen LogP contribution in [0.2, 0.25) is 0 Å². The number of aromatic nitrogens is 3. The molecule has 3 aromatic rings. The number of H-pyrrole nitrogens is 1. The molecule has 10 heteroatoms. The van der Waals surface area contributed by atoms with Crippen LogP contribution in [-0.2, 0) is 16.6 Å². The molecule has 0 fully saturated rings. The van der Waals surface area contributed by atoms with Gasteiger partial charge in [0.05, 0.1) is 4.90 Å². The minimum absolute atomic E-state index is 0.0252. The highest BCUT2D eigenvalue weighted by Gasteiger charge is 2.22. The average Bonchev–Trinajstić information content (AvgIpc) is 2.61. The fourth-order valence-electron chi connectivity index (χ4n) is 2.75. The number of nitrogens with zero attached hydrogens (tertiary/aromatic N) is 2. The Bertz CT molecular complexity index is 1220. The number of fused-ring (bicyclic) bond motifs is 1. The fourth-order valence-corrected chi connectivity index (χ4v) is 4.06.